The number of carboxylic acid groups (broad SMARTS) is 2. The molecule has 0 heterocycles. The summed E-state index contributed by atoms with van der Waals surface area (Å²) in [6, 6.07) is 0. The molecule has 496 valence electrons. The van der Waals surface area contributed by atoms with Gasteiger partial charge in [0, 0.05) is 65.4 Å². The molecule has 8 amide bonds. The Kier molecular flexibility index (Phi) is 61.0. The topological polar surface area (TPSA) is 453 Å². The zero-order valence-electron chi connectivity index (χ0n) is 51.1. The van der Waals surface area contributed by atoms with E-state index in [-0.39, 0.29) is 167 Å². The van der Waals surface area contributed by atoms with Gasteiger partial charge in [0.2, 0.25) is 47.3 Å². The lowest BCUT2D eigenvalue weighted by Gasteiger charge is -2.19. The van der Waals surface area contributed by atoms with Crippen molar-refractivity contribution in [2.45, 2.75) is 112 Å². The highest BCUT2D eigenvalue weighted by molar-refractivity contribution is 5.95. The van der Waals surface area contributed by atoms with Gasteiger partial charge in [0.15, 0.2) is 0 Å². The molecule has 13 N–H and O–H groups in total. The van der Waals surface area contributed by atoms with Crippen molar-refractivity contribution in [2.75, 3.05) is 152 Å². The molecule has 0 saturated carbocycles. The monoisotopic (exact) mass is 1250 g/mol. The first-order valence-corrected chi connectivity index (χ1v) is 27.4. The Bertz CT molecular complexity index is 1870. The first kappa shape index (κ1) is 87.4. The summed E-state index contributed by atoms with van der Waals surface area (Å²) in [6.45, 7) is 18.1. The van der Waals surface area contributed by atoms with Gasteiger partial charge in [0.1, 0.15) is 70.1 Å². The molecule has 0 aliphatic rings. The van der Waals surface area contributed by atoms with Crippen molar-refractivity contribution < 1.29 is 106 Å². The Morgan fingerprint density at radius 2 is 0.612 bits per heavy atom. The van der Waals surface area contributed by atoms with Crippen LogP contribution in [0.3, 0.4) is 0 Å². The van der Waals surface area contributed by atoms with Crippen molar-refractivity contribution in [2.24, 2.45) is 5.73 Å². The minimum Gasteiger partial charge on any atom is -0.481 e. The number of likely N-dealkylation sites (N-methyl/N-ethyl adjacent to an activating group) is 1. The molecular formula is C52H99ClN10O22. The van der Waals surface area contributed by atoms with Gasteiger partial charge in [-0.3, -0.25) is 52.7 Å². The van der Waals surface area contributed by atoms with E-state index in [1.54, 1.807) is 41.5 Å². The number of nitrogens with two attached hydrogens (primary N) is 1. The number of nitrogens with one attached hydrogen (secondary N) is 9. The van der Waals surface area contributed by atoms with Gasteiger partial charge in [0.05, 0.1) is 39.6 Å². The predicted octanol–water partition coefficient (Wildman–Crippen LogP) is -2.80. The third-order valence-corrected chi connectivity index (χ3v) is 8.66. The fraction of sp³-hybridized carbons (Fsp3) is 0.769. The second-order valence-electron chi connectivity index (χ2n) is 19.2. The van der Waals surface area contributed by atoms with Crippen LogP contribution in [0.15, 0.2) is 0 Å². The molecule has 0 saturated heterocycles. The summed E-state index contributed by atoms with van der Waals surface area (Å²) in [4.78, 5) is 134. The van der Waals surface area contributed by atoms with Crippen molar-refractivity contribution in [1.29, 1.82) is 0 Å². The maximum absolute atomic E-state index is 11.6. The third kappa shape index (κ3) is 77.6. The average Bonchev–Trinajstić information content (AvgIpc) is 3.39. The molecule has 0 aromatic carbocycles. The van der Waals surface area contributed by atoms with Crippen LogP contribution in [0.1, 0.15) is 100 Å². The first-order valence-electron chi connectivity index (χ1n) is 27.4. The van der Waals surface area contributed by atoms with Crippen molar-refractivity contribution in [1.82, 2.24) is 47.9 Å². The number of hydrogen-bond acceptors (Lipinski definition) is 22. The second-order valence-corrected chi connectivity index (χ2v) is 19.2. The van der Waals surface area contributed by atoms with Gasteiger partial charge >= 0.3 is 23.9 Å². The van der Waals surface area contributed by atoms with Crippen molar-refractivity contribution in [3.63, 3.8) is 0 Å². The van der Waals surface area contributed by atoms with Crippen LogP contribution in [0.4, 0.5) is 0 Å². The summed E-state index contributed by atoms with van der Waals surface area (Å²) < 4.78 is 40.3. The van der Waals surface area contributed by atoms with Crippen LogP contribution in [0.25, 0.3) is 0 Å². The Labute approximate surface area is 504 Å². The SMILES string of the molecule is CC(C)(C)OC(=O)CC(=O)NCCOCC(=O)NCCOCC(=O)O.CCCCNC(=O)COCCNC(=O)COCCNC(=O)CC(=O)O.CCCCNC(=O)COCCNC(=O)COCCNC(=O)CC(=O)OC(C)(C)C.CNCCN.Cl. The average molecular weight is 1250 g/mol. The van der Waals surface area contributed by atoms with Gasteiger partial charge in [-0.2, -0.15) is 0 Å². The lowest BCUT2D eigenvalue weighted by molar-refractivity contribution is -0.158. The molecule has 0 spiro atoms. The number of ether oxygens (including phenoxy) is 8. The first-order chi connectivity index (χ1) is 39.6. The largest absolute Gasteiger partial charge is 0.481 e. The molecule has 0 bridgehead atoms. The van der Waals surface area contributed by atoms with E-state index in [1.807, 2.05) is 20.9 Å². The Hall–Kier alpha value is -6.39. The third-order valence-electron chi connectivity index (χ3n) is 8.66. The molecule has 0 aromatic heterocycles. The van der Waals surface area contributed by atoms with Crippen LogP contribution < -0.4 is 53.6 Å². The molecule has 0 aliphatic carbocycles. The number of unbranched alkanes of at least 4 members (excludes halogenated alkanes) is 2. The number of amides is 8. The standard InChI is InChI=1S/C19H35N3O7.C15H27N3O7.C15H26N2O8.C3H10N2.ClH/c1-5-6-7-20-16(24)13-28-11-9-22-17(25)14-27-10-8-21-15(23)12-18(26)29-19(2,3)4;1-2-3-4-16-13(20)10-25-8-6-18-14(21)11-24-7-5-17-12(19)9-15(22)23;1-15(2,3)25-14(22)8-11(18)16-4-6-23-9-12(19)17-5-7-24-10-13(20)21;1-5-3-2-4;/h5-14H2,1-4H3,(H,20,24)(H,21,23)(H,22,25);2-11H2,1H3,(H,16,20)(H,17,19)(H,18,21)(H,22,23);4-10H2,1-3H3,(H,16,18)(H,17,19)(H,20,21);5H,2-4H2,1H3;1H. The number of carboxylic acids is 2. The van der Waals surface area contributed by atoms with Crippen molar-refractivity contribution in [3.05, 3.63) is 0 Å². The van der Waals surface area contributed by atoms with Crippen molar-refractivity contribution in [3.8, 4) is 0 Å². The van der Waals surface area contributed by atoms with Gasteiger partial charge in [-0.05, 0) is 61.4 Å². The van der Waals surface area contributed by atoms with Gasteiger partial charge in [-0.1, -0.05) is 26.7 Å². The lowest BCUT2D eigenvalue weighted by atomic mass is 10.2. The van der Waals surface area contributed by atoms with Crippen LogP contribution in [-0.2, 0) is 95.4 Å². The molecule has 32 nitrogen and oxygen atoms in total. The van der Waals surface area contributed by atoms with E-state index >= 15 is 0 Å². The highest BCUT2D eigenvalue weighted by atomic mass is 35.5. The van der Waals surface area contributed by atoms with Crippen LogP contribution in [0, 0.1) is 0 Å². The normalized spacial score (nSPS) is 10.4. The number of hydrogen-bond donors (Lipinski definition) is 12. The fourth-order valence-corrected chi connectivity index (χ4v) is 5.11. The summed E-state index contributed by atoms with van der Waals surface area (Å²) >= 11 is 0. The lowest BCUT2D eigenvalue weighted by Crippen LogP contribution is -2.34. The highest BCUT2D eigenvalue weighted by Crippen LogP contribution is 2.09. The van der Waals surface area contributed by atoms with Crippen LogP contribution in [0.2, 0.25) is 0 Å². The van der Waals surface area contributed by atoms with Crippen LogP contribution in [-0.4, -0.2) is 244 Å². The summed E-state index contributed by atoms with van der Waals surface area (Å²) in [6.07, 6.45) is 2.51. The summed E-state index contributed by atoms with van der Waals surface area (Å²) in [7, 11) is 1.88. The smallest absolute Gasteiger partial charge is 0.329 e. The molecule has 0 aliphatic heterocycles. The highest BCUT2D eigenvalue weighted by Gasteiger charge is 2.20. The summed E-state index contributed by atoms with van der Waals surface area (Å²) in [5.41, 5.74) is 3.79. The van der Waals surface area contributed by atoms with Crippen LogP contribution in [0.5, 0.6) is 0 Å². The summed E-state index contributed by atoms with van der Waals surface area (Å²) in [5.74, 6) is -6.52. The number of halogens is 1. The van der Waals surface area contributed by atoms with E-state index in [9.17, 15) is 57.5 Å². The maximum Gasteiger partial charge on any atom is 0.329 e. The molecule has 0 atom stereocenters. The molecule has 0 aromatic rings. The number of rotatable bonds is 44. The predicted molar refractivity (Wildman–Crippen MR) is 310 cm³/mol. The zero-order chi connectivity index (χ0) is 64.5. The molecule has 0 fully saturated rings. The molecule has 33 heteroatoms. The van der Waals surface area contributed by atoms with Gasteiger partial charge < -0.3 is 102 Å². The molecule has 0 rings (SSSR count). The minimum atomic E-state index is -1.21. The number of aliphatic carboxylic acids is 2. The van der Waals surface area contributed by atoms with E-state index in [0.29, 0.717) is 13.1 Å². The van der Waals surface area contributed by atoms with E-state index in [2.05, 4.69) is 47.9 Å². The van der Waals surface area contributed by atoms with E-state index in [1.165, 1.54) is 0 Å². The van der Waals surface area contributed by atoms with E-state index < -0.39 is 65.8 Å². The van der Waals surface area contributed by atoms with Gasteiger partial charge in [0.25, 0.3) is 0 Å². The Balaban J connectivity index is -0.000000360. The van der Waals surface area contributed by atoms with Gasteiger partial charge in [-0.15, -0.1) is 12.4 Å². The molecule has 85 heavy (non-hydrogen) atoms. The van der Waals surface area contributed by atoms with E-state index in [0.717, 1.165) is 38.8 Å². The zero-order valence-corrected chi connectivity index (χ0v) is 51.9. The fourth-order valence-electron chi connectivity index (χ4n) is 5.11. The quantitative estimate of drug-likeness (QED) is 0.0167. The second kappa shape index (κ2) is 59.3. The number of carbonyl (C=O) groups is 12. The van der Waals surface area contributed by atoms with Gasteiger partial charge in [-0.25, -0.2) is 4.79 Å². The molecule has 0 unspecified atom stereocenters. The van der Waals surface area contributed by atoms with E-state index in [4.69, 9.17) is 53.8 Å². The Morgan fingerprint density at radius 1 is 0.365 bits per heavy atom. The maximum atomic E-state index is 11.6. The Morgan fingerprint density at radius 3 is 0.824 bits per heavy atom. The number of carbonyl (C=O) groups excluding carboxylic acids is 10. The molecular weight excluding hydrogens is 1150 g/mol. The van der Waals surface area contributed by atoms with Crippen molar-refractivity contribution >= 4 is 83.5 Å². The summed E-state index contributed by atoms with van der Waals surface area (Å²) in [5, 5.41) is 40.0. The minimum absolute atomic E-state index is 0. The van der Waals surface area contributed by atoms with Crippen LogP contribution >= 0.6 is 12.4 Å². The number of esters is 2. The molecule has 0 radical (unpaired) electrons.